The first-order valence-electron chi connectivity index (χ1n) is 7.70. The smallest absolute Gasteiger partial charge is 0.240 e. The monoisotopic (exact) mass is 384 g/mol. The second-order valence-corrected chi connectivity index (χ2v) is 8.45. The lowest BCUT2D eigenvalue weighted by Crippen LogP contribution is -2.31. The van der Waals surface area contributed by atoms with Gasteiger partial charge in [0.1, 0.15) is 0 Å². The van der Waals surface area contributed by atoms with Crippen molar-refractivity contribution in [2.75, 3.05) is 24.5 Å². The van der Waals surface area contributed by atoms with E-state index in [-0.39, 0.29) is 15.8 Å². The van der Waals surface area contributed by atoms with Crippen molar-refractivity contribution < 1.29 is 8.42 Å². The maximum absolute atomic E-state index is 12.4. The number of halogens is 2. The van der Waals surface area contributed by atoms with Crippen molar-refractivity contribution in [3.8, 4) is 0 Å². The predicted molar refractivity (Wildman–Crippen MR) is 98.4 cm³/mol. The Morgan fingerprint density at radius 2 is 1.83 bits per heavy atom. The molecule has 0 aliphatic carbocycles. The van der Waals surface area contributed by atoms with Crippen LogP contribution < -0.4 is 9.62 Å². The quantitative estimate of drug-likeness (QED) is 0.852. The van der Waals surface area contributed by atoms with E-state index < -0.39 is 10.0 Å². The second-order valence-electron chi connectivity index (χ2n) is 5.86. The Bertz CT molecular complexity index is 813. The normalized spacial score (nSPS) is 18.1. The molecule has 128 valence electrons. The van der Waals surface area contributed by atoms with Crippen LogP contribution in [-0.2, 0) is 10.0 Å². The van der Waals surface area contributed by atoms with Gasteiger partial charge in [-0.05, 0) is 42.7 Å². The topological polar surface area (TPSA) is 49.4 Å². The number of anilines is 1. The molecule has 4 nitrogen and oxygen atoms in total. The van der Waals surface area contributed by atoms with Gasteiger partial charge < -0.3 is 4.90 Å². The van der Waals surface area contributed by atoms with Gasteiger partial charge in [0.05, 0.1) is 14.9 Å². The number of nitrogens with one attached hydrogen (secondary N) is 1. The molecule has 1 N–H and O–H groups in total. The molecule has 2 aromatic carbocycles. The summed E-state index contributed by atoms with van der Waals surface area (Å²) >= 11 is 11.7. The van der Waals surface area contributed by atoms with Crippen LogP contribution in [0.5, 0.6) is 0 Å². The molecular weight excluding hydrogens is 367 g/mol. The van der Waals surface area contributed by atoms with Crippen LogP contribution in [-0.4, -0.2) is 28.1 Å². The Balaban J connectivity index is 1.60. The average Bonchev–Trinajstić information content (AvgIpc) is 3.05. The zero-order valence-electron chi connectivity index (χ0n) is 13.0. The molecule has 0 spiro atoms. The highest BCUT2D eigenvalue weighted by Crippen LogP contribution is 2.26. The van der Waals surface area contributed by atoms with E-state index in [0.29, 0.717) is 11.6 Å². The Labute approximate surface area is 152 Å². The highest BCUT2D eigenvalue weighted by Gasteiger charge is 2.25. The van der Waals surface area contributed by atoms with Gasteiger partial charge in [-0.2, -0.15) is 0 Å². The van der Waals surface area contributed by atoms with Crippen molar-refractivity contribution in [3.05, 3.63) is 58.6 Å². The number of para-hydroxylation sites is 1. The highest BCUT2D eigenvalue weighted by molar-refractivity contribution is 7.89. The van der Waals surface area contributed by atoms with Crippen molar-refractivity contribution in [2.24, 2.45) is 5.92 Å². The number of rotatable bonds is 5. The molecule has 0 saturated carbocycles. The van der Waals surface area contributed by atoms with Gasteiger partial charge >= 0.3 is 0 Å². The van der Waals surface area contributed by atoms with Gasteiger partial charge in [0.25, 0.3) is 0 Å². The van der Waals surface area contributed by atoms with E-state index in [4.69, 9.17) is 23.2 Å². The molecule has 7 heteroatoms. The number of nitrogens with zero attached hydrogens (tertiary/aromatic N) is 1. The van der Waals surface area contributed by atoms with Crippen LogP contribution in [0.3, 0.4) is 0 Å². The lowest BCUT2D eigenvalue weighted by atomic mass is 10.1. The summed E-state index contributed by atoms with van der Waals surface area (Å²) in [4.78, 5) is 2.41. The van der Waals surface area contributed by atoms with Gasteiger partial charge in [-0.1, -0.05) is 41.4 Å². The summed E-state index contributed by atoms with van der Waals surface area (Å²) in [6.45, 7) is 2.18. The Morgan fingerprint density at radius 3 is 2.54 bits per heavy atom. The lowest BCUT2D eigenvalue weighted by molar-refractivity contribution is 0.541. The van der Waals surface area contributed by atoms with Crippen molar-refractivity contribution in [1.29, 1.82) is 0 Å². The summed E-state index contributed by atoms with van der Waals surface area (Å²) < 4.78 is 27.4. The summed E-state index contributed by atoms with van der Waals surface area (Å²) in [5, 5.41) is 0.570. The molecule has 1 atom stereocenters. The van der Waals surface area contributed by atoms with Gasteiger partial charge in [-0.3, -0.25) is 0 Å². The van der Waals surface area contributed by atoms with E-state index in [9.17, 15) is 8.42 Å². The number of hydrogen-bond donors (Lipinski definition) is 1. The molecule has 3 rings (SSSR count). The first-order chi connectivity index (χ1) is 11.5. The summed E-state index contributed by atoms with van der Waals surface area (Å²) in [6, 6.07) is 14.5. The third kappa shape index (κ3) is 4.03. The molecule has 1 aliphatic rings. The molecule has 0 bridgehead atoms. The van der Waals surface area contributed by atoms with Crippen LogP contribution in [0.2, 0.25) is 10.0 Å². The summed E-state index contributed by atoms with van der Waals surface area (Å²) in [7, 11) is -3.58. The molecule has 1 unspecified atom stereocenters. The fraction of sp³-hybridized carbons (Fsp3) is 0.294. The molecule has 1 heterocycles. The van der Waals surface area contributed by atoms with Crippen molar-refractivity contribution >= 4 is 38.9 Å². The van der Waals surface area contributed by atoms with Gasteiger partial charge in [0.15, 0.2) is 0 Å². The third-order valence-electron chi connectivity index (χ3n) is 4.17. The van der Waals surface area contributed by atoms with Gasteiger partial charge in [-0.25, -0.2) is 13.1 Å². The van der Waals surface area contributed by atoms with E-state index in [0.717, 1.165) is 19.5 Å². The summed E-state index contributed by atoms with van der Waals surface area (Å²) in [6.07, 6.45) is 0.957. The first kappa shape index (κ1) is 17.5. The van der Waals surface area contributed by atoms with Crippen LogP contribution in [0.1, 0.15) is 6.42 Å². The molecule has 0 amide bonds. The standard InChI is InChI=1S/C17H18Cl2N2O2S/c18-16-7-6-15(10-17(16)19)24(22,23)20-11-13-8-9-21(12-13)14-4-2-1-3-5-14/h1-7,10,13,20H,8-9,11-12H2. The van der Waals surface area contributed by atoms with E-state index in [1.165, 1.54) is 23.9 Å². The largest absolute Gasteiger partial charge is 0.371 e. The van der Waals surface area contributed by atoms with Crippen molar-refractivity contribution in [3.63, 3.8) is 0 Å². The van der Waals surface area contributed by atoms with Crippen LogP contribution in [0.4, 0.5) is 5.69 Å². The zero-order chi connectivity index (χ0) is 17.2. The van der Waals surface area contributed by atoms with E-state index in [1.807, 2.05) is 18.2 Å². The van der Waals surface area contributed by atoms with Crippen LogP contribution >= 0.6 is 23.2 Å². The van der Waals surface area contributed by atoms with Crippen LogP contribution in [0.25, 0.3) is 0 Å². The molecule has 1 saturated heterocycles. The average molecular weight is 385 g/mol. The number of benzene rings is 2. The highest BCUT2D eigenvalue weighted by atomic mass is 35.5. The molecule has 2 aromatic rings. The number of hydrogen-bond acceptors (Lipinski definition) is 3. The molecule has 1 aliphatic heterocycles. The molecule has 24 heavy (non-hydrogen) atoms. The van der Waals surface area contributed by atoms with Crippen molar-refractivity contribution in [1.82, 2.24) is 4.72 Å². The Morgan fingerprint density at radius 1 is 1.08 bits per heavy atom. The SMILES string of the molecule is O=S(=O)(NCC1CCN(c2ccccc2)C1)c1ccc(Cl)c(Cl)c1. The van der Waals surface area contributed by atoms with Crippen LogP contribution in [0, 0.1) is 5.92 Å². The minimum absolute atomic E-state index is 0.134. The molecule has 0 aromatic heterocycles. The Hall–Kier alpha value is -1.27. The van der Waals surface area contributed by atoms with Gasteiger partial charge in [-0.15, -0.1) is 0 Å². The first-order valence-corrected chi connectivity index (χ1v) is 9.94. The summed E-state index contributed by atoms with van der Waals surface area (Å²) in [5.41, 5.74) is 1.17. The summed E-state index contributed by atoms with van der Waals surface area (Å²) in [5.74, 6) is 0.280. The third-order valence-corrected chi connectivity index (χ3v) is 6.33. The molecule has 0 radical (unpaired) electrons. The van der Waals surface area contributed by atoms with Gasteiger partial charge in [0, 0.05) is 25.3 Å². The van der Waals surface area contributed by atoms with E-state index >= 15 is 0 Å². The lowest BCUT2D eigenvalue weighted by Gasteiger charge is -2.18. The minimum atomic E-state index is -3.58. The fourth-order valence-corrected chi connectivity index (χ4v) is 4.33. The number of sulfonamides is 1. The minimum Gasteiger partial charge on any atom is -0.371 e. The van der Waals surface area contributed by atoms with Crippen molar-refractivity contribution in [2.45, 2.75) is 11.3 Å². The maximum atomic E-state index is 12.4. The maximum Gasteiger partial charge on any atom is 0.240 e. The second kappa shape index (κ2) is 7.31. The molecular formula is C17H18Cl2N2O2S. The van der Waals surface area contributed by atoms with E-state index in [2.05, 4.69) is 21.8 Å². The fourth-order valence-electron chi connectivity index (χ4n) is 2.83. The Kier molecular flexibility index (Phi) is 5.35. The van der Waals surface area contributed by atoms with E-state index in [1.54, 1.807) is 0 Å². The van der Waals surface area contributed by atoms with Gasteiger partial charge in [0.2, 0.25) is 10.0 Å². The van der Waals surface area contributed by atoms with Crippen LogP contribution in [0.15, 0.2) is 53.4 Å². The zero-order valence-corrected chi connectivity index (χ0v) is 15.3. The molecule has 1 fully saturated rings. The predicted octanol–water partition coefficient (Wildman–Crippen LogP) is 3.80.